The fourth-order valence-electron chi connectivity index (χ4n) is 0.994. The zero-order valence-corrected chi connectivity index (χ0v) is 12.0. The molecule has 0 aliphatic heterocycles. The Morgan fingerprint density at radius 2 is 2.17 bits per heavy atom. The van der Waals surface area contributed by atoms with Gasteiger partial charge in [-0.15, -0.1) is 11.3 Å². The average molecular weight is 334 g/mol. The summed E-state index contributed by atoms with van der Waals surface area (Å²) in [6, 6.07) is 1.25. The lowest BCUT2D eigenvalue weighted by molar-refractivity contribution is -0.142. The third-order valence-corrected chi connectivity index (χ3v) is 4.89. The van der Waals surface area contributed by atoms with Gasteiger partial charge in [-0.25, -0.2) is 17.9 Å². The molecule has 18 heavy (non-hydrogen) atoms. The summed E-state index contributed by atoms with van der Waals surface area (Å²) in [7, 11) is -3.75. The summed E-state index contributed by atoms with van der Waals surface area (Å²) in [5.74, 6) is -1.12. The smallest absolute Gasteiger partial charge is 0.329 e. The Bertz CT molecular complexity index is 528. The highest BCUT2D eigenvalue weighted by Gasteiger charge is 2.20. The van der Waals surface area contributed by atoms with E-state index in [2.05, 4.69) is 9.46 Å². The summed E-state index contributed by atoms with van der Waals surface area (Å²) in [4.78, 5) is 10.0. The van der Waals surface area contributed by atoms with Crippen LogP contribution >= 0.6 is 34.5 Å². The fourth-order valence-corrected chi connectivity index (χ4v) is 4.15. The molecule has 0 amide bonds. The van der Waals surface area contributed by atoms with Gasteiger partial charge >= 0.3 is 5.97 Å². The summed E-state index contributed by atoms with van der Waals surface area (Å²) in [5.41, 5.74) is 0. The largest absolute Gasteiger partial charge is 0.480 e. The van der Waals surface area contributed by atoms with Gasteiger partial charge in [0.2, 0.25) is 10.0 Å². The minimum Gasteiger partial charge on any atom is -0.480 e. The zero-order chi connectivity index (χ0) is 13.8. The average Bonchev–Trinajstić information content (AvgIpc) is 2.57. The molecule has 1 rings (SSSR count). The summed E-state index contributed by atoms with van der Waals surface area (Å²) in [6.07, 6.45) is 0. The Labute approximate surface area is 118 Å². The Hall–Kier alpha value is -0.380. The number of halogens is 2. The van der Waals surface area contributed by atoms with Crippen LogP contribution in [0.5, 0.6) is 0 Å². The number of hydrogen-bond donors (Lipinski definition) is 2. The Morgan fingerprint density at radius 1 is 1.50 bits per heavy atom. The number of carboxylic acid groups (broad SMARTS) is 1. The Balaban J connectivity index is 2.51. The van der Waals surface area contributed by atoms with E-state index in [0.29, 0.717) is 0 Å². The van der Waals surface area contributed by atoms with Crippen molar-refractivity contribution in [1.82, 2.24) is 4.72 Å². The number of rotatable bonds is 7. The zero-order valence-electron chi connectivity index (χ0n) is 8.85. The Morgan fingerprint density at radius 3 is 2.67 bits per heavy atom. The quantitative estimate of drug-likeness (QED) is 0.736. The van der Waals surface area contributed by atoms with Gasteiger partial charge in [-0.3, -0.25) is 0 Å². The molecule has 0 aliphatic rings. The van der Waals surface area contributed by atoms with E-state index in [-0.39, 0.29) is 26.7 Å². The molecule has 0 saturated heterocycles. The number of aliphatic carboxylic acids is 1. The van der Waals surface area contributed by atoms with E-state index in [1.54, 1.807) is 0 Å². The van der Waals surface area contributed by atoms with E-state index < -0.39 is 22.6 Å². The third kappa shape index (κ3) is 4.71. The van der Waals surface area contributed by atoms with Crippen molar-refractivity contribution in [3.8, 4) is 0 Å². The van der Waals surface area contributed by atoms with E-state index >= 15 is 0 Å². The maximum Gasteiger partial charge on any atom is 0.329 e. The summed E-state index contributed by atoms with van der Waals surface area (Å²) >= 11 is 12.3. The number of carbonyl (C=O) groups is 1. The van der Waals surface area contributed by atoms with Gasteiger partial charge in [-0.1, -0.05) is 23.2 Å². The van der Waals surface area contributed by atoms with Gasteiger partial charge in [0.25, 0.3) is 0 Å². The molecule has 1 aromatic rings. The lowest BCUT2D eigenvalue weighted by Crippen LogP contribution is -2.28. The molecule has 1 aromatic heterocycles. The highest BCUT2D eigenvalue weighted by atomic mass is 35.5. The molecule has 0 aliphatic carbocycles. The van der Waals surface area contributed by atoms with Crippen molar-refractivity contribution < 1.29 is 23.1 Å². The first kappa shape index (κ1) is 15.7. The number of sulfonamides is 1. The number of hydrogen-bond acceptors (Lipinski definition) is 5. The van der Waals surface area contributed by atoms with E-state index in [4.69, 9.17) is 28.3 Å². The summed E-state index contributed by atoms with van der Waals surface area (Å²) < 4.78 is 30.7. The molecule has 0 unspecified atom stereocenters. The first-order valence-electron chi connectivity index (χ1n) is 4.57. The van der Waals surface area contributed by atoms with E-state index in [1.165, 1.54) is 6.07 Å². The normalized spacial score (nSPS) is 11.7. The molecule has 0 spiro atoms. The van der Waals surface area contributed by atoms with E-state index in [0.717, 1.165) is 11.3 Å². The molecular weight excluding hydrogens is 325 g/mol. The third-order valence-electron chi connectivity index (χ3n) is 1.68. The fraction of sp³-hybridized carbons (Fsp3) is 0.375. The molecule has 0 radical (unpaired) electrons. The van der Waals surface area contributed by atoms with Crippen molar-refractivity contribution in [3.05, 3.63) is 14.7 Å². The number of thiophene rings is 1. The Kier molecular flexibility index (Phi) is 5.83. The second-order valence-corrected chi connectivity index (χ2v) is 7.05. The molecule has 6 nitrogen and oxygen atoms in total. The van der Waals surface area contributed by atoms with Gasteiger partial charge in [0.15, 0.2) is 0 Å². The van der Waals surface area contributed by atoms with Crippen LogP contribution < -0.4 is 4.72 Å². The van der Waals surface area contributed by atoms with Gasteiger partial charge in [0.1, 0.15) is 15.8 Å². The predicted molar refractivity (Wildman–Crippen MR) is 68.0 cm³/mol. The van der Waals surface area contributed by atoms with Gasteiger partial charge in [0.05, 0.1) is 10.9 Å². The van der Waals surface area contributed by atoms with Crippen LogP contribution in [0.1, 0.15) is 0 Å². The van der Waals surface area contributed by atoms with Gasteiger partial charge in [-0.2, -0.15) is 0 Å². The van der Waals surface area contributed by atoms with E-state index in [9.17, 15) is 13.2 Å². The van der Waals surface area contributed by atoms with Crippen molar-refractivity contribution in [3.63, 3.8) is 0 Å². The van der Waals surface area contributed by atoms with Crippen LogP contribution in [0.2, 0.25) is 8.67 Å². The van der Waals surface area contributed by atoms with E-state index in [1.807, 2.05) is 0 Å². The summed E-state index contributed by atoms with van der Waals surface area (Å²) in [6.45, 7) is -0.590. The first-order chi connectivity index (χ1) is 8.33. The van der Waals surface area contributed by atoms with Crippen molar-refractivity contribution in [2.45, 2.75) is 4.90 Å². The molecule has 2 N–H and O–H groups in total. The predicted octanol–water partition coefficient (Wildman–Crippen LogP) is 1.43. The molecule has 1 heterocycles. The van der Waals surface area contributed by atoms with Crippen LogP contribution in [0, 0.1) is 0 Å². The van der Waals surface area contributed by atoms with Crippen LogP contribution in [0.15, 0.2) is 11.0 Å². The number of nitrogens with one attached hydrogen (secondary N) is 1. The molecule has 102 valence electrons. The van der Waals surface area contributed by atoms with Crippen LogP contribution in [-0.2, 0) is 19.6 Å². The second-order valence-electron chi connectivity index (χ2n) is 3.03. The van der Waals surface area contributed by atoms with Crippen molar-refractivity contribution in [2.75, 3.05) is 19.8 Å². The molecule has 0 aromatic carbocycles. The number of ether oxygens (including phenoxy) is 1. The molecule has 10 heteroatoms. The minimum absolute atomic E-state index is 0.0545. The first-order valence-corrected chi connectivity index (χ1v) is 7.62. The lowest BCUT2D eigenvalue weighted by atomic mass is 10.7. The monoisotopic (exact) mass is 333 g/mol. The highest BCUT2D eigenvalue weighted by molar-refractivity contribution is 7.89. The maximum absolute atomic E-state index is 11.7. The van der Waals surface area contributed by atoms with Crippen molar-refractivity contribution in [2.24, 2.45) is 0 Å². The highest BCUT2D eigenvalue weighted by Crippen LogP contribution is 2.33. The van der Waals surface area contributed by atoms with Crippen LogP contribution in [-0.4, -0.2) is 39.3 Å². The lowest BCUT2D eigenvalue weighted by Gasteiger charge is -2.05. The molecule has 0 bridgehead atoms. The van der Waals surface area contributed by atoms with Crippen molar-refractivity contribution in [1.29, 1.82) is 0 Å². The van der Waals surface area contributed by atoms with Crippen molar-refractivity contribution >= 4 is 50.5 Å². The molecule has 0 atom stereocenters. The molecular formula is C8H9Cl2NO5S2. The summed E-state index contributed by atoms with van der Waals surface area (Å²) in [5, 5.41) is 8.30. The molecule has 0 saturated carbocycles. The van der Waals surface area contributed by atoms with Gasteiger partial charge in [-0.05, 0) is 6.07 Å². The topological polar surface area (TPSA) is 92.7 Å². The van der Waals surface area contributed by atoms with Gasteiger partial charge < -0.3 is 9.84 Å². The standard InChI is InChI=1S/C8H9Cl2NO5S2/c9-6-3-5(8(10)17-6)18(14,15)11-1-2-16-4-7(12)13/h3,11H,1-2,4H2,(H,12,13). The van der Waals surface area contributed by atoms with Crippen LogP contribution in [0.3, 0.4) is 0 Å². The molecule has 0 fully saturated rings. The van der Waals surface area contributed by atoms with Crippen LogP contribution in [0.25, 0.3) is 0 Å². The second kappa shape index (κ2) is 6.69. The maximum atomic E-state index is 11.7. The van der Waals surface area contributed by atoms with Crippen LogP contribution in [0.4, 0.5) is 0 Å². The minimum atomic E-state index is -3.75. The van der Waals surface area contributed by atoms with Gasteiger partial charge in [0, 0.05) is 6.54 Å². The number of carboxylic acids is 1. The SMILES string of the molecule is O=C(O)COCCNS(=O)(=O)c1cc(Cl)sc1Cl.